The zero-order valence-electron chi connectivity index (χ0n) is 12.1. The molecule has 114 valence electrons. The van der Waals surface area contributed by atoms with E-state index in [1.165, 1.54) is 0 Å². The number of aryl methyl sites for hydroxylation is 1. The van der Waals surface area contributed by atoms with Gasteiger partial charge in [-0.1, -0.05) is 28.9 Å². The Hall–Kier alpha value is -2.34. The molecular formula is C15H14ClN3O3. The predicted molar refractivity (Wildman–Crippen MR) is 79.1 cm³/mol. The molecule has 1 saturated heterocycles. The van der Waals surface area contributed by atoms with Crippen LogP contribution in [0.3, 0.4) is 0 Å². The third-order valence-electron chi connectivity index (χ3n) is 3.69. The van der Waals surface area contributed by atoms with E-state index in [0.29, 0.717) is 22.0 Å². The van der Waals surface area contributed by atoms with Gasteiger partial charge in [-0.3, -0.25) is 9.69 Å². The van der Waals surface area contributed by atoms with Gasteiger partial charge in [-0.05, 0) is 31.5 Å². The maximum absolute atomic E-state index is 12.7. The van der Waals surface area contributed by atoms with Crippen LogP contribution in [0.1, 0.15) is 23.9 Å². The first-order valence-corrected chi connectivity index (χ1v) is 7.10. The van der Waals surface area contributed by atoms with E-state index in [9.17, 15) is 9.59 Å². The molecule has 0 saturated carbocycles. The van der Waals surface area contributed by atoms with Crippen LogP contribution in [-0.4, -0.2) is 22.0 Å². The number of hydrogen-bond donors (Lipinski definition) is 1. The number of imide groups is 1. The zero-order valence-corrected chi connectivity index (χ0v) is 12.8. The van der Waals surface area contributed by atoms with E-state index in [1.54, 1.807) is 44.2 Å². The molecule has 0 spiro atoms. The first-order valence-electron chi connectivity index (χ1n) is 6.72. The maximum Gasteiger partial charge on any atom is 0.325 e. The fourth-order valence-electron chi connectivity index (χ4n) is 2.47. The van der Waals surface area contributed by atoms with Gasteiger partial charge < -0.3 is 9.84 Å². The van der Waals surface area contributed by atoms with Crippen molar-refractivity contribution in [2.45, 2.75) is 25.9 Å². The van der Waals surface area contributed by atoms with E-state index in [1.807, 2.05) is 0 Å². The van der Waals surface area contributed by atoms with E-state index in [2.05, 4.69) is 10.5 Å². The van der Waals surface area contributed by atoms with Gasteiger partial charge in [0.2, 0.25) is 0 Å². The molecule has 1 aliphatic rings. The van der Waals surface area contributed by atoms with Crippen molar-refractivity contribution >= 4 is 23.5 Å². The Morgan fingerprint density at radius 1 is 1.32 bits per heavy atom. The van der Waals surface area contributed by atoms with Crippen LogP contribution in [0.4, 0.5) is 4.79 Å². The topological polar surface area (TPSA) is 75.4 Å². The summed E-state index contributed by atoms with van der Waals surface area (Å²) in [5.74, 6) is 0.294. The molecule has 22 heavy (non-hydrogen) atoms. The average Bonchev–Trinajstić information content (AvgIpc) is 2.97. The zero-order chi connectivity index (χ0) is 15.9. The number of nitrogens with zero attached hydrogens (tertiary/aromatic N) is 2. The van der Waals surface area contributed by atoms with E-state index in [0.717, 1.165) is 4.90 Å². The molecule has 0 radical (unpaired) electrons. The number of rotatable bonds is 3. The number of aromatic nitrogens is 1. The minimum Gasteiger partial charge on any atom is -0.361 e. The van der Waals surface area contributed by atoms with Crippen molar-refractivity contribution in [2.24, 2.45) is 0 Å². The summed E-state index contributed by atoms with van der Waals surface area (Å²) in [4.78, 5) is 26.0. The lowest BCUT2D eigenvalue weighted by Gasteiger charge is -2.22. The van der Waals surface area contributed by atoms with Crippen LogP contribution < -0.4 is 5.32 Å². The molecule has 2 heterocycles. The summed E-state index contributed by atoms with van der Waals surface area (Å²) >= 11 is 5.87. The smallest absolute Gasteiger partial charge is 0.325 e. The third kappa shape index (κ3) is 2.35. The van der Waals surface area contributed by atoms with Crippen molar-refractivity contribution in [3.05, 3.63) is 52.4 Å². The van der Waals surface area contributed by atoms with Crippen molar-refractivity contribution in [2.75, 3.05) is 0 Å². The van der Waals surface area contributed by atoms with Gasteiger partial charge in [0.25, 0.3) is 5.91 Å². The highest BCUT2D eigenvalue weighted by atomic mass is 35.5. The van der Waals surface area contributed by atoms with Crippen molar-refractivity contribution in [1.29, 1.82) is 0 Å². The second kappa shape index (κ2) is 5.14. The molecule has 1 aromatic carbocycles. The molecule has 6 nitrogen and oxygen atoms in total. The van der Waals surface area contributed by atoms with Crippen LogP contribution in [0.25, 0.3) is 0 Å². The monoisotopic (exact) mass is 319 g/mol. The Bertz CT molecular complexity index is 741. The highest BCUT2D eigenvalue weighted by molar-refractivity contribution is 6.30. The highest BCUT2D eigenvalue weighted by Crippen LogP contribution is 2.30. The van der Waals surface area contributed by atoms with Crippen LogP contribution in [-0.2, 0) is 16.9 Å². The molecule has 3 rings (SSSR count). The summed E-state index contributed by atoms with van der Waals surface area (Å²) in [7, 11) is 0. The number of halogens is 1. The Morgan fingerprint density at radius 3 is 2.59 bits per heavy atom. The third-order valence-corrected chi connectivity index (χ3v) is 3.95. The molecule has 3 amide bonds. The Balaban J connectivity index is 1.88. The fourth-order valence-corrected chi connectivity index (χ4v) is 2.60. The Kier molecular flexibility index (Phi) is 3.41. The fraction of sp³-hybridized carbons (Fsp3) is 0.267. The molecule has 1 aromatic heterocycles. The number of hydrogen-bond acceptors (Lipinski definition) is 4. The van der Waals surface area contributed by atoms with Crippen molar-refractivity contribution < 1.29 is 14.1 Å². The number of amides is 3. The summed E-state index contributed by atoms with van der Waals surface area (Å²) in [6.45, 7) is 3.50. The van der Waals surface area contributed by atoms with E-state index >= 15 is 0 Å². The summed E-state index contributed by atoms with van der Waals surface area (Å²) in [5, 5.41) is 7.11. The molecule has 1 aliphatic heterocycles. The molecule has 1 atom stereocenters. The lowest BCUT2D eigenvalue weighted by Crippen LogP contribution is -2.40. The Labute approximate surface area is 132 Å². The van der Waals surface area contributed by atoms with Gasteiger partial charge in [0.05, 0.1) is 6.54 Å². The molecule has 0 unspecified atom stereocenters. The molecule has 7 heteroatoms. The van der Waals surface area contributed by atoms with Crippen LogP contribution in [0.5, 0.6) is 0 Å². The van der Waals surface area contributed by atoms with Crippen molar-refractivity contribution in [1.82, 2.24) is 15.4 Å². The molecule has 0 bridgehead atoms. The van der Waals surface area contributed by atoms with Crippen LogP contribution >= 0.6 is 11.6 Å². The van der Waals surface area contributed by atoms with Crippen LogP contribution in [0.15, 0.2) is 34.9 Å². The SMILES string of the molecule is Cc1cc(CN2C(=O)N[C@@](C)(c3ccc(Cl)cc3)C2=O)no1. The van der Waals surface area contributed by atoms with Gasteiger partial charge in [0.1, 0.15) is 17.0 Å². The molecule has 1 N–H and O–H groups in total. The quantitative estimate of drug-likeness (QED) is 0.882. The number of urea groups is 1. The molecular weight excluding hydrogens is 306 g/mol. The lowest BCUT2D eigenvalue weighted by molar-refractivity contribution is -0.131. The first kappa shape index (κ1) is 14.6. The Morgan fingerprint density at radius 2 is 2.00 bits per heavy atom. The summed E-state index contributed by atoms with van der Waals surface area (Å²) < 4.78 is 4.96. The van der Waals surface area contributed by atoms with E-state index < -0.39 is 11.6 Å². The predicted octanol–water partition coefficient (Wildman–Crippen LogP) is 2.60. The van der Waals surface area contributed by atoms with Gasteiger partial charge >= 0.3 is 6.03 Å². The number of carbonyl (C=O) groups excluding carboxylic acids is 2. The number of benzene rings is 1. The number of carbonyl (C=O) groups is 2. The minimum absolute atomic E-state index is 0.0746. The minimum atomic E-state index is -1.11. The van der Waals surface area contributed by atoms with Gasteiger partial charge in [-0.25, -0.2) is 4.79 Å². The highest BCUT2D eigenvalue weighted by Gasteiger charge is 2.49. The largest absolute Gasteiger partial charge is 0.361 e. The van der Waals surface area contributed by atoms with Crippen LogP contribution in [0.2, 0.25) is 5.02 Å². The summed E-state index contributed by atoms with van der Waals surface area (Å²) in [6.07, 6.45) is 0. The average molecular weight is 320 g/mol. The molecule has 1 fully saturated rings. The first-order chi connectivity index (χ1) is 10.4. The van der Waals surface area contributed by atoms with Crippen LogP contribution in [0, 0.1) is 6.92 Å². The molecule has 2 aromatic rings. The van der Waals surface area contributed by atoms with Crippen molar-refractivity contribution in [3.8, 4) is 0 Å². The lowest BCUT2D eigenvalue weighted by atomic mass is 9.92. The summed E-state index contributed by atoms with van der Waals surface area (Å²) in [5.41, 5.74) is 0.0934. The second-order valence-electron chi connectivity index (χ2n) is 5.38. The summed E-state index contributed by atoms with van der Waals surface area (Å²) in [6, 6.07) is 8.06. The second-order valence-corrected chi connectivity index (χ2v) is 5.82. The normalized spacial score (nSPS) is 21.3. The van der Waals surface area contributed by atoms with E-state index in [-0.39, 0.29) is 12.5 Å². The van der Waals surface area contributed by atoms with E-state index in [4.69, 9.17) is 16.1 Å². The standard InChI is InChI=1S/C15H14ClN3O3/c1-9-7-12(18-22-9)8-19-13(20)15(2,17-14(19)21)10-3-5-11(16)6-4-10/h3-7H,8H2,1-2H3,(H,17,21)/t15-/m0/s1. The molecule has 0 aliphatic carbocycles. The maximum atomic E-state index is 12.7. The van der Waals surface area contributed by atoms with Crippen molar-refractivity contribution in [3.63, 3.8) is 0 Å². The van der Waals surface area contributed by atoms with Gasteiger partial charge in [-0.15, -0.1) is 0 Å². The van der Waals surface area contributed by atoms with Gasteiger partial charge in [0, 0.05) is 11.1 Å². The number of nitrogens with one attached hydrogen (secondary N) is 1. The van der Waals surface area contributed by atoms with Gasteiger partial charge in [0.15, 0.2) is 0 Å². The van der Waals surface area contributed by atoms with Gasteiger partial charge in [-0.2, -0.15) is 0 Å².